The molecule has 3 nitrogen and oxygen atoms in total. The van der Waals surface area contributed by atoms with Gasteiger partial charge < -0.3 is 9.90 Å². The van der Waals surface area contributed by atoms with Crippen molar-refractivity contribution in [3.05, 3.63) is 24.3 Å². The molecule has 28 heavy (non-hydrogen) atoms. The third-order valence-electron chi connectivity index (χ3n) is 5.17. The smallest absolute Gasteiger partial charge is 0.549 e. The van der Waals surface area contributed by atoms with Crippen LogP contribution < -0.4 is 56.5 Å². The number of carboxylic acid groups (broad SMARTS) is 1. The number of allylic oxidation sites excluding steroid dienone is 2. The first-order valence-corrected chi connectivity index (χ1v) is 11.4. The molecule has 0 saturated carbocycles. The number of aliphatic carboxylic acids is 1. The van der Waals surface area contributed by atoms with Gasteiger partial charge in [-0.2, -0.15) is 0 Å². The van der Waals surface area contributed by atoms with Gasteiger partial charge in [-0.15, -0.1) is 0 Å². The van der Waals surface area contributed by atoms with E-state index in [4.69, 9.17) is 0 Å². The number of nitrogens with zero attached hydrogens (tertiary/aromatic N) is 1. The Morgan fingerprint density at radius 3 is 1.54 bits per heavy atom. The van der Waals surface area contributed by atoms with Gasteiger partial charge in [0.2, 0.25) is 0 Å². The molecule has 2 atom stereocenters. The predicted octanol–water partition coefficient (Wildman–Crippen LogP) is 2.65. The summed E-state index contributed by atoms with van der Waals surface area (Å²) in [5, 5.41) is 11.3. The summed E-state index contributed by atoms with van der Waals surface area (Å²) in [6.45, 7) is 8.72. The van der Waals surface area contributed by atoms with Crippen molar-refractivity contribution in [3.63, 3.8) is 0 Å². The first-order chi connectivity index (χ1) is 13.1. The molecule has 0 amide bonds. The van der Waals surface area contributed by atoms with Crippen molar-refractivity contribution in [2.45, 2.75) is 117 Å². The molecule has 0 aliphatic rings. The zero-order valence-corrected chi connectivity index (χ0v) is 22.5. The minimum absolute atomic E-state index is 0. The minimum Gasteiger partial charge on any atom is -0.549 e. The monoisotopic (exact) mass is 417 g/mol. The van der Waals surface area contributed by atoms with Crippen molar-refractivity contribution in [2.24, 2.45) is 0 Å². The van der Waals surface area contributed by atoms with Gasteiger partial charge in [0.1, 0.15) is 0 Å². The van der Waals surface area contributed by atoms with Crippen LogP contribution in [0.25, 0.3) is 0 Å². The number of rotatable bonds is 18. The molecular formula is C24H44KNO2. The van der Waals surface area contributed by atoms with Gasteiger partial charge >= 0.3 is 51.4 Å². The fourth-order valence-electron chi connectivity index (χ4n) is 3.48. The van der Waals surface area contributed by atoms with Gasteiger partial charge in [0.25, 0.3) is 0 Å². The standard InChI is InChI=1S/C24H45NO2.K/c1-5-9-11-13-15-17-19-22(7-3)25(21-24(26)27)23(8-4)20-18-16-14-12-10-6-2;/h17-20,22-23H,5-16,21H2,1-4H3,(H,26,27);/q;+1/p-1/b19-17+,20-18+;. The van der Waals surface area contributed by atoms with Gasteiger partial charge in [-0.05, 0) is 38.5 Å². The summed E-state index contributed by atoms with van der Waals surface area (Å²) in [6.07, 6.45) is 23.0. The summed E-state index contributed by atoms with van der Waals surface area (Å²) in [5.74, 6) is -0.986. The van der Waals surface area contributed by atoms with Crippen LogP contribution in [0.2, 0.25) is 0 Å². The van der Waals surface area contributed by atoms with Crippen LogP contribution in [-0.4, -0.2) is 29.5 Å². The van der Waals surface area contributed by atoms with E-state index >= 15 is 0 Å². The summed E-state index contributed by atoms with van der Waals surface area (Å²) >= 11 is 0. The van der Waals surface area contributed by atoms with Crippen LogP contribution in [0.5, 0.6) is 0 Å². The number of hydrogen-bond donors (Lipinski definition) is 0. The number of carbonyl (C=O) groups excluding carboxylic acids is 1. The van der Waals surface area contributed by atoms with Crippen molar-refractivity contribution in [1.29, 1.82) is 0 Å². The molecule has 0 aliphatic carbocycles. The van der Waals surface area contributed by atoms with Crippen molar-refractivity contribution >= 4 is 5.97 Å². The van der Waals surface area contributed by atoms with Crippen molar-refractivity contribution in [3.8, 4) is 0 Å². The Kier molecular flexibility index (Phi) is 24.4. The summed E-state index contributed by atoms with van der Waals surface area (Å²) < 4.78 is 0. The van der Waals surface area contributed by atoms with E-state index in [-0.39, 0.29) is 70.0 Å². The Hall–Kier alpha value is 0.546. The Balaban J connectivity index is 0. The first-order valence-electron chi connectivity index (χ1n) is 11.4. The molecule has 0 aromatic heterocycles. The first kappa shape index (κ1) is 30.7. The Morgan fingerprint density at radius 2 is 1.21 bits per heavy atom. The Bertz CT molecular complexity index is 379. The molecule has 0 N–H and O–H groups in total. The Labute approximate surface area is 217 Å². The number of hydrogen-bond acceptors (Lipinski definition) is 3. The number of unbranched alkanes of at least 4 members (excludes halogenated alkanes) is 8. The van der Waals surface area contributed by atoms with E-state index in [2.05, 4.69) is 56.9 Å². The van der Waals surface area contributed by atoms with E-state index in [1.54, 1.807) is 0 Å². The van der Waals surface area contributed by atoms with Gasteiger partial charge in [0.15, 0.2) is 0 Å². The van der Waals surface area contributed by atoms with Crippen LogP contribution in [0.15, 0.2) is 24.3 Å². The SMILES string of the molecule is CCCCCC/C=C/C(CC)N(CC(=O)[O-])C(/C=C/CCCCCC)CC.[K+]. The van der Waals surface area contributed by atoms with E-state index in [1.807, 2.05) is 0 Å². The fourth-order valence-corrected chi connectivity index (χ4v) is 3.48. The maximum Gasteiger partial charge on any atom is 1.00 e. The van der Waals surface area contributed by atoms with E-state index < -0.39 is 5.97 Å². The topological polar surface area (TPSA) is 43.4 Å². The molecule has 0 saturated heterocycles. The molecule has 0 radical (unpaired) electrons. The van der Waals surface area contributed by atoms with Crippen molar-refractivity contribution < 1.29 is 61.3 Å². The average Bonchev–Trinajstić information content (AvgIpc) is 2.65. The van der Waals surface area contributed by atoms with Gasteiger partial charge in [0.05, 0.1) is 5.97 Å². The van der Waals surface area contributed by atoms with E-state index in [0.29, 0.717) is 0 Å². The molecule has 0 spiro atoms. The second kappa shape index (κ2) is 22.2. The molecule has 0 aromatic carbocycles. The average molecular weight is 418 g/mol. The van der Waals surface area contributed by atoms with Crippen LogP contribution in [0.3, 0.4) is 0 Å². The summed E-state index contributed by atoms with van der Waals surface area (Å²) in [5.41, 5.74) is 0. The van der Waals surface area contributed by atoms with Gasteiger partial charge in [0, 0.05) is 18.6 Å². The second-order valence-corrected chi connectivity index (χ2v) is 7.55. The second-order valence-electron chi connectivity index (χ2n) is 7.55. The van der Waals surface area contributed by atoms with Crippen LogP contribution in [0.4, 0.5) is 0 Å². The maximum absolute atomic E-state index is 11.3. The quantitative estimate of drug-likeness (QED) is 0.196. The maximum atomic E-state index is 11.3. The molecule has 0 bridgehead atoms. The molecule has 2 unspecified atom stereocenters. The fraction of sp³-hybridized carbons (Fsp3) is 0.792. The van der Waals surface area contributed by atoms with Crippen LogP contribution in [-0.2, 0) is 4.79 Å². The third kappa shape index (κ3) is 16.4. The van der Waals surface area contributed by atoms with Crippen LogP contribution in [0, 0.1) is 0 Å². The largest absolute Gasteiger partial charge is 1.00 e. The van der Waals surface area contributed by atoms with Crippen LogP contribution >= 0.6 is 0 Å². The van der Waals surface area contributed by atoms with Crippen LogP contribution in [0.1, 0.15) is 105 Å². The molecule has 0 heterocycles. The minimum atomic E-state index is -0.986. The Morgan fingerprint density at radius 1 is 0.786 bits per heavy atom. The molecule has 0 rings (SSSR count). The summed E-state index contributed by atoms with van der Waals surface area (Å²) in [4.78, 5) is 13.4. The molecular weight excluding hydrogens is 373 g/mol. The molecule has 4 heteroatoms. The van der Waals surface area contributed by atoms with E-state index in [0.717, 1.165) is 25.7 Å². The third-order valence-corrected chi connectivity index (χ3v) is 5.17. The van der Waals surface area contributed by atoms with E-state index in [1.165, 1.54) is 51.4 Å². The zero-order valence-electron chi connectivity index (χ0n) is 19.4. The van der Waals surface area contributed by atoms with E-state index in [9.17, 15) is 9.90 Å². The van der Waals surface area contributed by atoms with Crippen molar-refractivity contribution in [1.82, 2.24) is 4.90 Å². The normalized spacial score (nSPS) is 13.9. The van der Waals surface area contributed by atoms with Crippen molar-refractivity contribution in [2.75, 3.05) is 6.54 Å². The molecule has 0 fully saturated rings. The number of carbonyl (C=O) groups is 1. The zero-order chi connectivity index (χ0) is 20.3. The van der Waals surface area contributed by atoms with Gasteiger partial charge in [-0.25, -0.2) is 0 Å². The van der Waals surface area contributed by atoms with Gasteiger partial charge in [-0.3, -0.25) is 4.90 Å². The van der Waals surface area contributed by atoms with Gasteiger partial charge in [-0.1, -0.05) is 90.5 Å². The summed E-state index contributed by atoms with van der Waals surface area (Å²) in [6, 6.07) is 0.313. The molecule has 0 aromatic rings. The molecule has 158 valence electrons. The summed E-state index contributed by atoms with van der Waals surface area (Å²) in [7, 11) is 0. The number of carboxylic acids is 1. The predicted molar refractivity (Wildman–Crippen MR) is 116 cm³/mol. The molecule has 0 aliphatic heterocycles.